The van der Waals surface area contributed by atoms with Gasteiger partial charge in [0, 0.05) is 29.5 Å². The van der Waals surface area contributed by atoms with E-state index < -0.39 is 11.6 Å². The molecule has 0 atom stereocenters. The van der Waals surface area contributed by atoms with Gasteiger partial charge in [-0.1, -0.05) is 0 Å². The van der Waals surface area contributed by atoms with Crippen LogP contribution in [0.25, 0.3) is 0 Å². The van der Waals surface area contributed by atoms with Crippen LogP contribution in [-0.4, -0.2) is 11.5 Å². The van der Waals surface area contributed by atoms with E-state index in [1.807, 2.05) is 19.1 Å². The predicted molar refractivity (Wildman–Crippen MR) is 74.3 cm³/mol. The molecule has 100 valence electrons. The number of hydrogen-bond acceptors (Lipinski definition) is 3. The van der Waals surface area contributed by atoms with Gasteiger partial charge in [-0.2, -0.15) is 0 Å². The topological polar surface area (TPSA) is 24.9 Å². The van der Waals surface area contributed by atoms with Gasteiger partial charge in [-0.15, -0.1) is 11.8 Å². The van der Waals surface area contributed by atoms with E-state index in [4.69, 9.17) is 0 Å². The highest BCUT2D eigenvalue weighted by Gasteiger charge is 2.05. The average Bonchev–Trinajstić information content (AvgIpc) is 2.38. The molecule has 0 aliphatic rings. The number of nitrogens with zero attached hydrogens (tertiary/aromatic N) is 1. The van der Waals surface area contributed by atoms with Crippen LogP contribution in [0.2, 0.25) is 0 Å². The third kappa shape index (κ3) is 3.92. The highest BCUT2D eigenvalue weighted by atomic mass is 32.2. The fraction of sp³-hybridized carbons (Fsp3) is 0.214. The zero-order valence-electron chi connectivity index (χ0n) is 10.5. The van der Waals surface area contributed by atoms with E-state index in [1.54, 1.807) is 6.20 Å². The minimum Gasteiger partial charge on any atom is -0.370 e. The Morgan fingerprint density at radius 3 is 2.79 bits per heavy atom. The lowest BCUT2D eigenvalue weighted by molar-refractivity contribution is 0.565. The standard InChI is InChI=1S/C14H14F2N2S/c1-2-17-14-7-10(5-6-18-14)9-19-13-4-3-11(15)8-12(13)16/h3-8H,2,9H2,1H3,(H,17,18). The Balaban J connectivity index is 2.03. The van der Waals surface area contributed by atoms with Gasteiger partial charge in [0.2, 0.25) is 0 Å². The minimum atomic E-state index is -0.555. The Labute approximate surface area is 115 Å². The van der Waals surface area contributed by atoms with Crippen LogP contribution in [0.4, 0.5) is 14.6 Å². The van der Waals surface area contributed by atoms with Gasteiger partial charge in [0.15, 0.2) is 0 Å². The molecule has 0 saturated heterocycles. The van der Waals surface area contributed by atoms with Gasteiger partial charge in [-0.3, -0.25) is 0 Å². The lowest BCUT2D eigenvalue weighted by Crippen LogP contribution is -1.99. The number of hydrogen-bond donors (Lipinski definition) is 1. The monoisotopic (exact) mass is 280 g/mol. The largest absolute Gasteiger partial charge is 0.370 e. The van der Waals surface area contributed by atoms with Crippen molar-refractivity contribution >= 4 is 17.6 Å². The molecular weight excluding hydrogens is 266 g/mol. The molecule has 2 nitrogen and oxygen atoms in total. The first-order valence-electron chi connectivity index (χ1n) is 5.95. The van der Waals surface area contributed by atoms with Crippen molar-refractivity contribution in [2.45, 2.75) is 17.6 Å². The molecule has 1 N–H and O–H groups in total. The lowest BCUT2D eigenvalue weighted by atomic mass is 10.3. The summed E-state index contributed by atoms with van der Waals surface area (Å²) in [5, 5.41) is 3.12. The summed E-state index contributed by atoms with van der Waals surface area (Å²) in [5.74, 6) is 0.343. The van der Waals surface area contributed by atoms with Crippen LogP contribution in [0, 0.1) is 11.6 Å². The van der Waals surface area contributed by atoms with E-state index in [9.17, 15) is 8.78 Å². The number of thioether (sulfide) groups is 1. The second-order valence-corrected chi connectivity index (χ2v) is 4.96. The summed E-state index contributed by atoms with van der Waals surface area (Å²) in [4.78, 5) is 4.62. The zero-order chi connectivity index (χ0) is 13.7. The number of benzene rings is 1. The predicted octanol–water partition coefficient (Wildman–Crippen LogP) is 4.08. The van der Waals surface area contributed by atoms with E-state index in [2.05, 4.69) is 10.3 Å². The number of pyridine rings is 1. The third-order valence-electron chi connectivity index (χ3n) is 2.47. The minimum absolute atomic E-state index is 0.447. The van der Waals surface area contributed by atoms with Gasteiger partial charge in [-0.05, 0) is 36.8 Å². The van der Waals surface area contributed by atoms with Gasteiger partial charge in [-0.25, -0.2) is 13.8 Å². The summed E-state index contributed by atoms with van der Waals surface area (Å²) in [7, 11) is 0. The maximum atomic E-state index is 13.5. The highest BCUT2D eigenvalue weighted by Crippen LogP contribution is 2.26. The summed E-state index contributed by atoms with van der Waals surface area (Å²) in [6, 6.07) is 7.44. The smallest absolute Gasteiger partial charge is 0.139 e. The summed E-state index contributed by atoms with van der Waals surface area (Å²) in [5.41, 5.74) is 1.04. The van der Waals surface area contributed by atoms with Gasteiger partial charge < -0.3 is 5.32 Å². The van der Waals surface area contributed by atoms with E-state index in [1.165, 1.54) is 23.9 Å². The Morgan fingerprint density at radius 2 is 2.05 bits per heavy atom. The van der Waals surface area contributed by atoms with E-state index >= 15 is 0 Å². The molecule has 0 spiro atoms. The van der Waals surface area contributed by atoms with Crippen LogP contribution in [0.1, 0.15) is 12.5 Å². The molecule has 2 aromatic rings. The molecule has 2 rings (SSSR count). The van der Waals surface area contributed by atoms with Crippen molar-refractivity contribution in [2.24, 2.45) is 0 Å². The maximum absolute atomic E-state index is 13.5. The molecular formula is C14H14F2N2S. The van der Waals surface area contributed by atoms with Crippen molar-refractivity contribution < 1.29 is 8.78 Å². The molecule has 0 radical (unpaired) electrons. The molecule has 1 aromatic carbocycles. The first-order chi connectivity index (χ1) is 9.19. The first-order valence-corrected chi connectivity index (χ1v) is 6.94. The second kappa shape index (κ2) is 6.52. The van der Waals surface area contributed by atoms with Crippen LogP contribution in [-0.2, 0) is 5.75 Å². The molecule has 1 aromatic heterocycles. The van der Waals surface area contributed by atoms with Crippen LogP contribution >= 0.6 is 11.8 Å². The summed E-state index contributed by atoms with van der Waals surface area (Å²) < 4.78 is 26.3. The number of aromatic nitrogens is 1. The summed E-state index contributed by atoms with van der Waals surface area (Å²) >= 11 is 1.34. The van der Waals surface area contributed by atoms with Crippen molar-refractivity contribution in [1.82, 2.24) is 4.98 Å². The molecule has 0 unspecified atom stereocenters. The van der Waals surface area contributed by atoms with Crippen molar-refractivity contribution in [3.63, 3.8) is 0 Å². The quantitative estimate of drug-likeness (QED) is 0.835. The SMILES string of the molecule is CCNc1cc(CSc2ccc(F)cc2F)ccn1. The Morgan fingerprint density at radius 1 is 1.21 bits per heavy atom. The zero-order valence-corrected chi connectivity index (χ0v) is 11.3. The molecule has 0 fully saturated rings. The van der Waals surface area contributed by atoms with Crippen LogP contribution < -0.4 is 5.32 Å². The third-order valence-corrected chi connectivity index (χ3v) is 3.59. The van der Waals surface area contributed by atoms with Crippen molar-refractivity contribution in [3.8, 4) is 0 Å². The Bertz CT molecular complexity index is 561. The lowest BCUT2D eigenvalue weighted by Gasteiger charge is -2.06. The highest BCUT2D eigenvalue weighted by molar-refractivity contribution is 7.98. The van der Waals surface area contributed by atoms with E-state index in [0.29, 0.717) is 10.6 Å². The van der Waals surface area contributed by atoms with Gasteiger partial charge >= 0.3 is 0 Å². The molecule has 0 aliphatic heterocycles. The molecule has 0 bridgehead atoms. The Kier molecular flexibility index (Phi) is 4.74. The van der Waals surface area contributed by atoms with Crippen molar-refractivity contribution in [3.05, 3.63) is 53.7 Å². The molecule has 19 heavy (non-hydrogen) atoms. The summed E-state index contributed by atoms with van der Waals surface area (Å²) in [6.45, 7) is 2.80. The fourth-order valence-electron chi connectivity index (χ4n) is 1.60. The number of halogens is 2. The second-order valence-electron chi connectivity index (χ2n) is 3.94. The van der Waals surface area contributed by atoms with Gasteiger partial charge in [0.1, 0.15) is 17.5 Å². The molecule has 0 amide bonds. The van der Waals surface area contributed by atoms with E-state index in [-0.39, 0.29) is 0 Å². The van der Waals surface area contributed by atoms with Crippen molar-refractivity contribution in [2.75, 3.05) is 11.9 Å². The van der Waals surface area contributed by atoms with Gasteiger partial charge in [0.25, 0.3) is 0 Å². The van der Waals surface area contributed by atoms with Crippen LogP contribution in [0.15, 0.2) is 41.4 Å². The van der Waals surface area contributed by atoms with Crippen LogP contribution in [0.3, 0.4) is 0 Å². The number of nitrogens with one attached hydrogen (secondary N) is 1. The van der Waals surface area contributed by atoms with Crippen LogP contribution in [0.5, 0.6) is 0 Å². The maximum Gasteiger partial charge on any atom is 0.139 e. The fourth-order valence-corrected chi connectivity index (χ4v) is 2.46. The molecule has 1 heterocycles. The first kappa shape index (κ1) is 13.8. The number of rotatable bonds is 5. The number of anilines is 1. The normalized spacial score (nSPS) is 10.5. The van der Waals surface area contributed by atoms with E-state index in [0.717, 1.165) is 24.0 Å². The molecule has 0 saturated carbocycles. The molecule has 5 heteroatoms. The Hall–Kier alpha value is -1.62. The van der Waals surface area contributed by atoms with Crippen molar-refractivity contribution in [1.29, 1.82) is 0 Å². The van der Waals surface area contributed by atoms with Gasteiger partial charge in [0.05, 0.1) is 0 Å². The summed E-state index contributed by atoms with van der Waals surface area (Å²) in [6.07, 6.45) is 1.72. The average molecular weight is 280 g/mol. The molecule has 0 aliphatic carbocycles.